The zero-order chi connectivity index (χ0) is 16.1. The van der Waals surface area contributed by atoms with Crippen molar-refractivity contribution in [1.29, 1.82) is 0 Å². The van der Waals surface area contributed by atoms with Crippen LogP contribution in [0.5, 0.6) is 0 Å². The van der Waals surface area contributed by atoms with Gasteiger partial charge in [0.25, 0.3) is 0 Å². The third-order valence-corrected chi connectivity index (χ3v) is 3.14. The van der Waals surface area contributed by atoms with E-state index in [0.717, 1.165) is 11.1 Å². The number of nitrogens with two attached hydrogens (primary N) is 1. The van der Waals surface area contributed by atoms with Gasteiger partial charge in [-0.1, -0.05) is 36.8 Å². The normalized spacial score (nSPS) is 14.4. The van der Waals surface area contributed by atoms with Crippen molar-refractivity contribution < 1.29 is 14.4 Å². The van der Waals surface area contributed by atoms with E-state index in [-0.39, 0.29) is 0 Å². The Hall–Kier alpha value is -1.59. The monoisotopic (exact) mass is 294 g/mol. The number of nitrogens with one attached hydrogen (secondary N) is 1. The fourth-order valence-corrected chi connectivity index (χ4v) is 2.02. The van der Waals surface area contributed by atoms with Crippen molar-refractivity contribution in [3.05, 3.63) is 35.4 Å². The molecule has 1 aromatic rings. The molecule has 0 saturated heterocycles. The van der Waals surface area contributed by atoms with Crippen LogP contribution in [0, 0.1) is 6.92 Å². The van der Waals surface area contributed by atoms with E-state index in [4.69, 9.17) is 15.5 Å². The summed E-state index contributed by atoms with van der Waals surface area (Å²) >= 11 is 0. The Morgan fingerprint density at radius 3 is 2.48 bits per heavy atom. The molecule has 1 amide bonds. The Balaban J connectivity index is 2.79. The van der Waals surface area contributed by atoms with Crippen LogP contribution in [0.2, 0.25) is 0 Å². The Kier molecular flexibility index (Phi) is 5.75. The molecule has 21 heavy (non-hydrogen) atoms. The topological polar surface area (TPSA) is 73.6 Å². The maximum absolute atomic E-state index is 11.8. The molecule has 5 heteroatoms. The molecule has 118 valence electrons. The second-order valence-corrected chi connectivity index (χ2v) is 6.60. The summed E-state index contributed by atoms with van der Waals surface area (Å²) in [6.07, 6.45) is -0.446. The van der Waals surface area contributed by atoms with Gasteiger partial charge in [0, 0.05) is 12.0 Å². The summed E-state index contributed by atoms with van der Waals surface area (Å²) in [5, 5.41) is 2.79. The SMILES string of the molecule is Cc1cccc(C(C)(CNC(=O)OC(C)(C)C)CON)c1. The van der Waals surface area contributed by atoms with Crippen molar-refractivity contribution in [2.24, 2.45) is 5.90 Å². The van der Waals surface area contributed by atoms with E-state index >= 15 is 0 Å². The van der Waals surface area contributed by atoms with Gasteiger partial charge in [0.2, 0.25) is 0 Å². The van der Waals surface area contributed by atoms with Crippen molar-refractivity contribution in [1.82, 2.24) is 5.32 Å². The number of amides is 1. The lowest BCUT2D eigenvalue weighted by molar-refractivity contribution is 0.0476. The lowest BCUT2D eigenvalue weighted by atomic mass is 9.82. The number of carbonyl (C=O) groups is 1. The highest BCUT2D eigenvalue weighted by molar-refractivity contribution is 5.67. The van der Waals surface area contributed by atoms with Crippen LogP contribution < -0.4 is 11.2 Å². The van der Waals surface area contributed by atoms with Crippen LogP contribution in [0.25, 0.3) is 0 Å². The van der Waals surface area contributed by atoms with Gasteiger partial charge < -0.3 is 14.9 Å². The first-order valence-electron chi connectivity index (χ1n) is 7.02. The molecular weight excluding hydrogens is 268 g/mol. The summed E-state index contributed by atoms with van der Waals surface area (Å²) in [5.41, 5.74) is 1.27. The molecule has 0 fully saturated rings. The first-order chi connectivity index (χ1) is 9.66. The van der Waals surface area contributed by atoms with Crippen LogP contribution in [0.1, 0.15) is 38.8 Å². The number of hydrogen-bond acceptors (Lipinski definition) is 4. The maximum Gasteiger partial charge on any atom is 0.407 e. The van der Waals surface area contributed by atoms with Crippen LogP contribution in [-0.2, 0) is 15.0 Å². The fourth-order valence-electron chi connectivity index (χ4n) is 2.02. The van der Waals surface area contributed by atoms with Crippen LogP contribution >= 0.6 is 0 Å². The number of rotatable bonds is 5. The van der Waals surface area contributed by atoms with Gasteiger partial charge in [-0.05, 0) is 33.3 Å². The summed E-state index contributed by atoms with van der Waals surface area (Å²) in [6.45, 7) is 10.2. The maximum atomic E-state index is 11.8. The average molecular weight is 294 g/mol. The molecule has 1 aromatic carbocycles. The average Bonchev–Trinajstić information content (AvgIpc) is 2.35. The van der Waals surface area contributed by atoms with Crippen molar-refractivity contribution in [3.63, 3.8) is 0 Å². The lowest BCUT2D eigenvalue weighted by Crippen LogP contribution is -2.44. The molecule has 0 aromatic heterocycles. The highest BCUT2D eigenvalue weighted by Gasteiger charge is 2.29. The van der Waals surface area contributed by atoms with E-state index in [1.165, 1.54) is 0 Å². The fraction of sp³-hybridized carbons (Fsp3) is 0.562. The van der Waals surface area contributed by atoms with E-state index in [2.05, 4.69) is 11.4 Å². The van der Waals surface area contributed by atoms with Crippen LogP contribution in [-0.4, -0.2) is 24.8 Å². The molecule has 0 aliphatic rings. The van der Waals surface area contributed by atoms with Crippen molar-refractivity contribution in [3.8, 4) is 0 Å². The zero-order valence-electron chi connectivity index (χ0n) is 13.5. The van der Waals surface area contributed by atoms with E-state index in [0.29, 0.717) is 13.2 Å². The second kappa shape index (κ2) is 6.91. The van der Waals surface area contributed by atoms with E-state index < -0.39 is 17.1 Å². The van der Waals surface area contributed by atoms with Gasteiger partial charge in [-0.25, -0.2) is 10.7 Å². The molecule has 0 aliphatic carbocycles. The van der Waals surface area contributed by atoms with Gasteiger partial charge in [-0.2, -0.15) is 0 Å². The highest BCUT2D eigenvalue weighted by Crippen LogP contribution is 2.24. The molecule has 1 atom stereocenters. The Morgan fingerprint density at radius 2 is 1.95 bits per heavy atom. The number of hydrogen-bond donors (Lipinski definition) is 2. The van der Waals surface area contributed by atoms with E-state index in [1.807, 2.05) is 52.8 Å². The van der Waals surface area contributed by atoms with Crippen molar-refractivity contribution >= 4 is 6.09 Å². The number of ether oxygens (including phenoxy) is 1. The smallest absolute Gasteiger partial charge is 0.407 e. The third kappa shape index (κ3) is 5.73. The quantitative estimate of drug-likeness (QED) is 0.819. The predicted molar refractivity (Wildman–Crippen MR) is 82.9 cm³/mol. The lowest BCUT2D eigenvalue weighted by Gasteiger charge is -2.30. The summed E-state index contributed by atoms with van der Waals surface area (Å²) in [4.78, 5) is 16.6. The molecular formula is C16H26N2O3. The summed E-state index contributed by atoms with van der Waals surface area (Å²) in [6, 6.07) is 8.07. The van der Waals surface area contributed by atoms with Crippen molar-refractivity contribution in [2.45, 2.75) is 45.6 Å². The predicted octanol–water partition coefficient (Wildman–Crippen LogP) is 2.67. The molecule has 0 saturated carbocycles. The highest BCUT2D eigenvalue weighted by atomic mass is 16.6. The standard InChI is InChI=1S/C16H26N2O3/c1-12-7-6-8-13(9-12)16(5,11-20-17)10-18-14(19)21-15(2,3)4/h6-9H,10-11,17H2,1-5H3,(H,18,19). The Labute approximate surface area is 126 Å². The molecule has 1 unspecified atom stereocenters. The van der Waals surface area contributed by atoms with Crippen LogP contribution in [0.3, 0.4) is 0 Å². The van der Waals surface area contributed by atoms with Crippen molar-refractivity contribution in [2.75, 3.05) is 13.2 Å². The molecule has 0 aliphatic heterocycles. The van der Waals surface area contributed by atoms with Gasteiger partial charge >= 0.3 is 6.09 Å². The zero-order valence-corrected chi connectivity index (χ0v) is 13.5. The molecule has 0 heterocycles. The molecule has 0 radical (unpaired) electrons. The summed E-state index contributed by atoms with van der Waals surface area (Å²) in [5.74, 6) is 5.25. The number of carbonyl (C=O) groups excluding carboxylic acids is 1. The van der Waals surface area contributed by atoms with Gasteiger partial charge in [0.1, 0.15) is 5.60 Å². The van der Waals surface area contributed by atoms with Crippen LogP contribution in [0.15, 0.2) is 24.3 Å². The first-order valence-corrected chi connectivity index (χ1v) is 7.02. The molecule has 1 rings (SSSR count). The van der Waals surface area contributed by atoms with Gasteiger partial charge in [0.15, 0.2) is 0 Å². The minimum Gasteiger partial charge on any atom is -0.444 e. The number of alkyl carbamates (subject to hydrolysis) is 1. The first kappa shape index (κ1) is 17.5. The Bertz CT molecular complexity index is 483. The van der Waals surface area contributed by atoms with Crippen LogP contribution in [0.4, 0.5) is 4.79 Å². The molecule has 5 nitrogen and oxygen atoms in total. The van der Waals surface area contributed by atoms with Gasteiger partial charge in [-0.15, -0.1) is 0 Å². The van der Waals surface area contributed by atoms with E-state index in [9.17, 15) is 4.79 Å². The number of aryl methyl sites for hydroxylation is 1. The molecule has 3 N–H and O–H groups in total. The van der Waals surface area contributed by atoms with Gasteiger partial charge in [-0.3, -0.25) is 0 Å². The second-order valence-electron chi connectivity index (χ2n) is 6.60. The largest absolute Gasteiger partial charge is 0.444 e. The summed E-state index contributed by atoms with van der Waals surface area (Å²) in [7, 11) is 0. The number of benzene rings is 1. The minimum atomic E-state index is -0.520. The minimum absolute atomic E-state index is 0.298. The van der Waals surface area contributed by atoms with Gasteiger partial charge in [0.05, 0.1) is 6.61 Å². The van der Waals surface area contributed by atoms with E-state index in [1.54, 1.807) is 0 Å². The Morgan fingerprint density at radius 1 is 1.29 bits per heavy atom. The molecule has 0 bridgehead atoms. The summed E-state index contributed by atoms with van der Waals surface area (Å²) < 4.78 is 5.25. The third-order valence-electron chi connectivity index (χ3n) is 3.14. The molecule has 0 spiro atoms.